The van der Waals surface area contributed by atoms with E-state index in [1.807, 2.05) is 0 Å². The second-order valence-corrected chi connectivity index (χ2v) is 6.80. The zero-order chi connectivity index (χ0) is 12.1. The predicted octanol–water partition coefficient (Wildman–Crippen LogP) is 5.52. The van der Waals surface area contributed by atoms with Crippen LogP contribution in [0.15, 0.2) is 0 Å². The lowest BCUT2D eigenvalue weighted by Crippen LogP contribution is -2.15. The lowest BCUT2D eigenvalue weighted by molar-refractivity contribution is 0.254. The van der Waals surface area contributed by atoms with Crippen LogP contribution in [0.4, 0.5) is 0 Å². The van der Waals surface area contributed by atoms with E-state index < -0.39 is 0 Å². The van der Waals surface area contributed by atoms with Gasteiger partial charge < -0.3 is 0 Å². The smallest absolute Gasteiger partial charge is 0.0383 e. The fourth-order valence-electron chi connectivity index (χ4n) is 1.98. The Morgan fingerprint density at radius 2 is 1.47 bits per heavy atom. The van der Waals surface area contributed by atoms with Crippen LogP contribution in [0, 0.1) is 23.2 Å². The first-order valence-electron chi connectivity index (χ1n) is 6.76. The SMILES string of the molecule is CCC(C)CC(C)C(C)CCC(C)(C)C. The molecule has 15 heavy (non-hydrogen) atoms. The van der Waals surface area contributed by atoms with Gasteiger partial charge in [0.05, 0.1) is 0 Å². The summed E-state index contributed by atoms with van der Waals surface area (Å²) >= 11 is 0. The molecule has 0 saturated carbocycles. The summed E-state index contributed by atoms with van der Waals surface area (Å²) in [7, 11) is 0. The summed E-state index contributed by atoms with van der Waals surface area (Å²) in [6.45, 7) is 16.6. The van der Waals surface area contributed by atoms with Gasteiger partial charge in [0.2, 0.25) is 0 Å². The van der Waals surface area contributed by atoms with Crippen LogP contribution in [-0.2, 0) is 0 Å². The van der Waals surface area contributed by atoms with Crippen LogP contribution in [-0.4, -0.2) is 0 Å². The zero-order valence-electron chi connectivity index (χ0n) is 12.1. The number of rotatable bonds is 6. The van der Waals surface area contributed by atoms with Gasteiger partial charge in [-0.3, -0.25) is 0 Å². The molecule has 0 amide bonds. The fourth-order valence-corrected chi connectivity index (χ4v) is 1.98. The first-order valence-corrected chi connectivity index (χ1v) is 6.76. The largest absolute Gasteiger partial charge is 0.0651 e. The molecule has 0 fully saturated rings. The highest BCUT2D eigenvalue weighted by Gasteiger charge is 2.18. The maximum Gasteiger partial charge on any atom is -0.0383 e. The van der Waals surface area contributed by atoms with Crippen LogP contribution in [0.1, 0.15) is 74.1 Å². The molecule has 0 saturated heterocycles. The Kier molecular flexibility index (Phi) is 6.55. The molecular weight excluding hydrogens is 180 g/mol. The summed E-state index contributed by atoms with van der Waals surface area (Å²) in [6.07, 6.45) is 5.48. The van der Waals surface area contributed by atoms with Crippen molar-refractivity contribution in [1.82, 2.24) is 0 Å². The minimum Gasteiger partial charge on any atom is -0.0651 e. The van der Waals surface area contributed by atoms with Crippen LogP contribution in [0.3, 0.4) is 0 Å². The van der Waals surface area contributed by atoms with Crippen LogP contribution in [0.5, 0.6) is 0 Å². The lowest BCUT2D eigenvalue weighted by Gasteiger charge is -2.26. The molecule has 0 rings (SSSR count). The third-order valence-electron chi connectivity index (χ3n) is 3.79. The molecule has 0 aliphatic rings. The molecule has 0 aromatic heterocycles. The summed E-state index contributed by atoms with van der Waals surface area (Å²) in [4.78, 5) is 0. The van der Waals surface area contributed by atoms with E-state index in [0.717, 1.165) is 17.8 Å². The molecular formula is C15H32. The third kappa shape index (κ3) is 7.88. The zero-order valence-corrected chi connectivity index (χ0v) is 12.1. The molecule has 0 aromatic rings. The van der Waals surface area contributed by atoms with E-state index in [0.29, 0.717) is 5.41 Å². The van der Waals surface area contributed by atoms with Crippen molar-refractivity contribution >= 4 is 0 Å². The van der Waals surface area contributed by atoms with E-state index in [-0.39, 0.29) is 0 Å². The second kappa shape index (κ2) is 6.55. The van der Waals surface area contributed by atoms with E-state index in [4.69, 9.17) is 0 Å². The summed E-state index contributed by atoms with van der Waals surface area (Å²) in [5, 5.41) is 0. The second-order valence-electron chi connectivity index (χ2n) is 6.80. The molecule has 0 spiro atoms. The van der Waals surface area contributed by atoms with Gasteiger partial charge >= 0.3 is 0 Å². The summed E-state index contributed by atoms with van der Waals surface area (Å²) in [5.74, 6) is 2.68. The topological polar surface area (TPSA) is 0 Å². The summed E-state index contributed by atoms with van der Waals surface area (Å²) in [5.41, 5.74) is 0.504. The van der Waals surface area contributed by atoms with Gasteiger partial charge in [-0.25, -0.2) is 0 Å². The Balaban J connectivity index is 3.83. The predicted molar refractivity (Wildman–Crippen MR) is 71.1 cm³/mol. The third-order valence-corrected chi connectivity index (χ3v) is 3.79. The Bertz CT molecular complexity index is 152. The number of hydrogen-bond donors (Lipinski definition) is 0. The average molecular weight is 212 g/mol. The molecule has 0 aliphatic heterocycles. The van der Waals surface area contributed by atoms with Gasteiger partial charge in [-0.2, -0.15) is 0 Å². The van der Waals surface area contributed by atoms with Gasteiger partial charge in [0, 0.05) is 0 Å². The number of hydrogen-bond acceptors (Lipinski definition) is 0. The van der Waals surface area contributed by atoms with Crippen LogP contribution in [0.25, 0.3) is 0 Å². The van der Waals surface area contributed by atoms with Gasteiger partial charge in [0.25, 0.3) is 0 Å². The van der Waals surface area contributed by atoms with Crippen LogP contribution < -0.4 is 0 Å². The van der Waals surface area contributed by atoms with Crippen molar-refractivity contribution in [2.75, 3.05) is 0 Å². The van der Waals surface area contributed by atoms with Crippen molar-refractivity contribution in [3.05, 3.63) is 0 Å². The Morgan fingerprint density at radius 1 is 0.933 bits per heavy atom. The van der Waals surface area contributed by atoms with Crippen LogP contribution >= 0.6 is 0 Å². The van der Waals surface area contributed by atoms with E-state index >= 15 is 0 Å². The van der Waals surface area contributed by atoms with Gasteiger partial charge in [0.1, 0.15) is 0 Å². The maximum atomic E-state index is 2.43. The van der Waals surface area contributed by atoms with Crippen molar-refractivity contribution < 1.29 is 0 Å². The first-order chi connectivity index (χ1) is 6.76. The van der Waals surface area contributed by atoms with Gasteiger partial charge in [-0.05, 0) is 42.4 Å². The average Bonchev–Trinajstić information content (AvgIpc) is 2.12. The van der Waals surface area contributed by atoms with Crippen molar-refractivity contribution in [3.8, 4) is 0 Å². The molecule has 0 heteroatoms. The molecule has 0 aliphatic carbocycles. The summed E-state index contributed by atoms with van der Waals surface area (Å²) in [6, 6.07) is 0. The van der Waals surface area contributed by atoms with E-state index in [2.05, 4.69) is 48.5 Å². The van der Waals surface area contributed by atoms with E-state index in [1.54, 1.807) is 0 Å². The highest BCUT2D eigenvalue weighted by molar-refractivity contribution is 4.69. The lowest BCUT2D eigenvalue weighted by atomic mass is 9.80. The van der Waals surface area contributed by atoms with Crippen molar-refractivity contribution in [1.29, 1.82) is 0 Å². The molecule has 0 heterocycles. The minimum atomic E-state index is 0.504. The fraction of sp³-hybridized carbons (Fsp3) is 1.00. The molecule has 0 aromatic carbocycles. The molecule has 3 atom stereocenters. The molecule has 0 radical (unpaired) electrons. The molecule has 3 unspecified atom stereocenters. The Morgan fingerprint density at radius 3 is 1.87 bits per heavy atom. The Hall–Kier alpha value is 0. The first kappa shape index (κ1) is 15.0. The molecule has 0 bridgehead atoms. The molecule has 0 N–H and O–H groups in total. The monoisotopic (exact) mass is 212 g/mol. The normalized spacial score (nSPS) is 18.6. The van der Waals surface area contributed by atoms with Gasteiger partial charge in [-0.1, -0.05) is 54.9 Å². The van der Waals surface area contributed by atoms with E-state index in [1.165, 1.54) is 25.7 Å². The summed E-state index contributed by atoms with van der Waals surface area (Å²) < 4.78 is 0. The van der Waals surface area contributed by atoms with Crippen LogP contribution in [0.2, 0.25) is 0 Å². The maximum absolute atomic E-state index is 2.43. The van der Waals surface area contributed by atoms with Gasteiger partial charge in [0.15, 0.2) is 0 Å². The Labute approximate surface area is 97.8 Å². The van der Waals surface area contributed by atoms with Gasteiger partial charge in [-0.15, -0.1) is 0 Å². The molecule has 0 nitrogen and oxygen atoms in total. The minimum absolute atomic E-state index is 0.504. The highest BCUT2D eigenvalue weighted by atomic mass is 14.2. The van der Waals surface area contributed by atoms with Crippen molar-refractivity contribution in [2.45, 2.75) is 74.1 Å². The standard InChI is InChI=1S/C15H32/c1-8-12(2)11-14(4)13(3)9-10-15(5,6)7/h12-14H,8-11H2,1-7H3. The molecule has 92 valence electrons. The highest BCUT2D eigenvalue weighted by Crippen LogP contribution is 2.29. The van der Waals surface area contributed by atoms with Crippen molar-refractivity contribution in [2.24, 2.45) is 23.2 Å². The van der Waals surface area contributed by atoms with E-state index in [9.17, 15) is 0 Å². The quantitative estimate of drug-likeness (QED) is 0.543. The van der Waals surface area contributed by atoms with Crippen molar-refractivity contribution in [3.63, 3.8) is 0 Å².